The third kappa shape index (κ3) is 7.27. The Bertz CT molecular complexity index is 742. The first kappa shape index (κ1) is 30.1. The summed E-state index contributed by atoms with van der Waals surface area (Å²) in [6, 6.07) is 10.5. The highest BCUT2D eigenvalue weighted by Gasteiger charge is 2.53. The Morgan fingerprint density at radius 3 is 2.30 bits per heavy atom. The number of oxime groups is 1. The van der Waals surface area contributed by atoms with E-state index in [0.29, 0.717) is 6.61 Å². The molecule has 2 rings (SSSR count). The Kier molecular flexibility index (Phi) is 11.5. The van der Waals surface area contributed by atoms with Crippen molar-refractivity contribution < 1.29 is 31.1 Å². The molecule has 5 nitrogen and oxygen atoms in total. The maximum Gasteiger partial charge on any atom is 0.122 e. The monoisotopic (exact) mass is 525 g/mol. The van der Waals surface area contributed by atoms with Crippen molar-refractivity contribution in [3.63, 3.8) is 0 Å². The van der Waals surface area contributed by atoms with E-state index in [0.717, 1.165) is 49.0 Å². The predicted octanol–water partition coefficient (Wildman–Crippen LogP) is 3.22. The van der Waals surface area contributed by atoms with E-state index in [2.05, 4.69) is 98.0 Å². The number of hydroxylamine groups is 2. The average molecular weight is 527 g/mol. The van der Waals surface area contributed by atoms with Crippen LogP contribution in [-0.2, 0) is 9.68 Å². The van der Waals surface area contributed by atoms with Gasteiger partial charge in [0.1, 0.15) is 12.7 Å². The summed E-state index contributed by atoms with van der Waals surface area (Å²) in [6.45, 7) is 18.7. The standard InChI is InChI=1S/C27H48N3O2.BrH/c1-10-26(6)21-25(28-31-20-16-19-30(8,9)12-3)22(4)27(7,11-2)29(26)32-23(5)24-17-14-13-15-18-24;/h13-15,17-18,22-23H,10-12,16,19-21H2,1-9H3;1H/q+1;/p-1/b28-25-;. The van der Waals surface area contributed by atoms with Gasteiger partial charge in [0.2, 0.25) is 0 Å². The molecule has 0 aromatic heterocycles. The van der Waals surface area contributed by atoms with Crippen LogP contribution >= 0.6 is 0 Å². The van der Waals surface area contributed by atoms with Gasteiger partial charge in [-0.05, 0) is 46.1 Å². The molecule has 0 aliphatic carbocycles. The van der Waals surface area contributed by atoms with E-state index in [4.69, 9.17) is 14.8 Å². The quantitative estimate of drug-likeness (QED) is 0.252. The topological polar surface area (TPSA) is 34.1 Å². The molecule has 1 aliphatic rings. The summed E-state index contributed by atoms with van der Waals surface area (Å²) >= 11 is 0. The van der Waals surface area contributed by atoms with Crippen LogP contribution in [0, 0.1) is 5.92 Å². The molecule has 1 aliphatic heterocycles. The minimum atomic E-state index is -0.157. The second-order valence-electron chi connectivity index (χ2n) is 10.7. The highest BCUT2D eigenvalue weighted by molar-refractivity contribution is 5.89. The maximum atomic E-state index is 6.74. The number of benzene rings is 1. The molecule has 4 atom stereocenters. The van der Waals surface area contributed by atoms with Gasteiger partial charge in [-0.1, -0.05) is 56.3 Å². The van der Waals surface area contributed by atoms with Crippen LogP contribution in [-0.4, -0.2) is 60.1 Å². The molecular weight excluding hydrogens is 478 g/mol. The van der Waals surface area contributed by atoms with Gasteiger partial charge in [0.15, 0.2) is 0 Å². The molecule has 1 heterocycles. The minimum Gasteiger partial charge on any atom is -1.00 e. The molecule has 0 radical (unpaired) electrons. The number of piperidine rings is 1. The van der Waals surface area contributed by atoms with Crippen LogP contribution in [0.1, 0.15) is 85.8 Å². The summed E-state index contributed by atoms with van der Waals surface area (Å²) in [4.78, 5) is 12.6. The van der Waals surface area contributed by atoms with E-state index < -0.39 is 0 Å². The summed E-state index contributed by atoms with van der Waals surface area (Å²) in [5.41, 5.74) is 2.07. The fourth-order valence-corrected chi connectivity index (χ4v) is 4.63. The third-order valence-corrected chi connectivity index (χ3v) is 8.00. The van der Waals surface area contributed by atoms with Gasteiger partial charge in [-0.2, -0.15) is 5.06 Å². The molecule has 190 valence electrons. The lowest BCUT2D eigenvalue weighted by atomic mass is 9.70. The van der Waals surface area contributed by atoms with E-state index in [-0.39, 0.29) is 40.1 Å². The van der Waals surface area contributed by atoms with Crippen molar-refractivity contribution in [3.8, 4) is 0 Å². The van der Waals surface area contributed by atoms with Gasteiger partial charge in [-0.15, -0.1) is 0 Å². The summed E-state index contributed by atoms with van der Waals surface area (Å²) in [7, 11) is 4.53. The smallest absolute Gasteiger partial charge is 0.122 e. The largest absolute Gasteiger partial charge is 1.00 e. The molecule has 1 aromatic carbocycles. The predicted molar refractivity (Wildman–Crippen MR) is 134 cm³/mol. The molecule has 0 spiro atoms. The highest BCUT2D eigenvalue weighted by atomic mass is 79.9. The van der Waals surface area contributed by atoms with Gasteiger partial charge in [0.05, 0.1) is 38.4 Å². The molecule has 4 unspecified atom stereocenters. The molecule has 1 aromatic rings. The van der Waals surface area contributed by atoms with Crippen molar-refractivity contribution in [1.82, 2.24) is 5.06 Å². The fourth-order valence-electron chi connectivity index (χ4n) is 4.63. The number of hydrogen-bond donors (Lipinski definition) is 0. The first-order valence-electron chi connectivity index (χ1n) is 12.6. The van der Waals surface area contributed by atoms with Crippen molar-refractivity contribution in [1.29, 1.82) is 0 Å². The third-order valence-electron chi connectivity index (χ3n) is 8.00. The zero-order valence-corrected chi connectivity index (χ0v) is 24.1. The number of nitrogens with zero attached hydrogens (tertiary/aromatic N) is 3. The molecule has 33 heavy (non-hydrogen) atoms. The minimum absolute atomic E-state index is 0. The van der Waals surface area contributed by atoms with Crippen molar-refractivity contribution >= 4 is 5.71 Å². The summed E-state index contributed by atoms with van der Waals surface area (Å²) in [5.74, 6) is 0.248. The van der Waals surface area contributed by atoms with Crippen molar-refractivity contribution in [2.75, 3.05) is 33.8 Å². The SMILES string of the molecule is CCC1(C)C/C(=N/OCCC[N+](C)(C)CC)C(C)C(C)(CC)N1OC(C)c1ccccc1.[Br-]. The molecular formula is C27H48BrN3O2. The highest BCUT2D eigenvalue weighted by Crippen LogP contribution is 2.46. The van der Waals surface area contributed by atoms with Crippen LogP contribution in [0.2, 0.25) is 0 Å². The first-order chi connectivity index (χ1) is 15.0. The number of rotatable bonds is 11. The van der Waals surface area contributed by atoms with E-state index in [1.165, 1.54) is 5.56 Å². The van der Waals surface area contributed by atoms with Crippen LogP contribution in [0.25, 0.3) is 0 Å². The molecule has 0 N–H and O–H groups in total. The Hall–Kier alpha value is -0.950. The van der Waals surface area contributed by atoms with Crippen molar-refractivity contribution in [3.05, 3.63) is 35.9 Å². The van der Waals surface area contributed by atoms with E-state index in [1.54, 1.807) is 0 Å². The number of quaternary nitrogens is 1. The zero-order valence-electron chi connectivity index (χ0n) is 22.5. The van der Waals surface area contributed by atoms with E-state index >= 15 is 0 Å². The maximum absolute atomic E-state index is 6.74. The summed E-state index contributed by atoms with van der Waals surface area (Å²) < 4.78 is 1.02. The molecule has 1 saturated heterocycles. The Labute approximate surface area is 213 Å². The summed E-state index contributed by atoms with van der Waals surface area (Å²) in [6.07, 6.45) is 3.84. The lowest BCUT2D eigenvalue weighted by Gasteiger charge is -2.57. The van der Waals surface area contributed by atoms with Gasteiger partial charge in [-0.3, -0.25) is 4.84 Å². The van der Waals surface area contributed by atoms with Gasteiger partial charge < -0.3 is 26.3 Å². The van der Waals surface area contributed by atoms with Crippen LogP contribution in [0.4, 0.5) is 0 Å². The van der Waals surface area contributed by atoms with Gasteiger partial charge >= 0.3 is 0 Å². The van der Waals surface area contributed by atoms with Crippen LogP contribution < -0.4 is 17.0 Å². The first-order valence-corrected chi connectivity index (χ1v) is 12.6. The van der Waals surface area contributed by atoms with Crippen LogP contribution in [0.15, 0.2) is 35.5 Å². The van der Waals surface area contributed by atoms with Crippen molar-refractivity contribution in [2.45, 2.75) is 91.3 Å². The van der Waals surface area contributed by atoms with Gasteiger partial charge in [0, 0.05) is 24.3 Å². The molecule has 0 amide bonds. The molecule has 0 bridgehead atoms. The zero-order chi connectivity index (χ0) is 24.0. The van der Waals surface area contributed by atoms with Gasteiger partial charge in [-0.25, -0.2) is 0 Å². The second-order valence-corrected chi connectivity index (χ2v) is 10.7. The fraction of sp³-hybridized carbons (Fsp3) is 0.741. The normalized spacial score (nSPS) is 28.4. The van der Waals surface area contributed by atoms with Crippen molar-refractivity contribution in [2.24, 2.45) is 11.1 Å². The second kappa shape index (κ2) is 12.7. The molecule has 6 heteroatoms. The van der Waals surface area contributed by atoms with Crippen LogP contribution in [0.5, 0.6) is 0 Å². The molecule has 0 saturated carbocycles. The lowest BCUT2D eigenvalue weighted by molar-refractivity contribution is -0.888. The van der Waals surface area contributed by atoms with E-state index in [1.807, 2.05) is 0 Å². The number of halogens is 1. The number of hydrogen-bond acceptors (Lipinski definition) is 4. The Morgan fingerprint density at radius 1 is 1.12 bits per heavy atom. The van der Waals surface area contributed by atoms with Crippen LogP contribution in [0.3, 0.4) is 0 Å². The lowest BCUT2D eigenvalue weighted by Crippen LogP contribution is -3.00. The van der Waals surface area contributed by atoms with Gasteiger partial charge in [0.25, 0.3) is 0 Å². The summed E-state index contributed by atoms with van der Waals surface area (Å²) in [5, 5.41) is 7.00. The average Bonchev–Trinajstić information content (AvgIpc) is 2.80. The Morgan fingerprint density at radius 2 is 1.76 bits per heavy atom. The molecule has 1 fully saturated rings. The Balaban J connectivity index is 0.00000544. The van der Waals surface area contributed by atoms with E-state index in [9.17, 15) is 0 Å².